The molecule has 0 saturated carbocycles. The molecule has 0 radical (unpaired) electrons. The number of benzene rings is 2. The number of carbonyl (C=O) groups excluding carboxylic acids is 2. The molecule has 27 heavy (non-hydrogen) atoms. The van der Waals surface area contributed by atoms with E-state index in [1.165, 1.54) is 34.9 Å². The van der Waals surface area contributed by atoms with Crippen molar-refractivity contribution in [3.05, 3.63) is 83.0 Å². The molecule has 1 heterocycles. The van der Waals surface area contributed by atoms with Crippen LogP contribution in [0.4, 0.5) is 4.39 Å². The van der Waals surface area contributed by atoms with E-state index in [0.29, 0.717) is 15.8 Å². The predicted molar refractivity (Wildman–Crippen MR) is 108 cm³/mol. The topological polar surface area (TPSA) is 46.6 Å². The maximum absolute atomic E-state index is 13.6. The Bertz CT molecular complexity index is 954. The SMILES string of the molecule is C=CCN1C(=O)C(=Cc2ccc(OC(=O)c3ccccc3F)cc2)SC1=S. The van der Waals surface area contributed by atoms with Crippen LogP contribution in [0.5, 0.6) is 5.75 Å². The predicted octanol–water partition coefficient (Wildman–Crippen LogP) is 4.43. The summed E-state index contributed by atoms with van der Waals surface area (Å²) in [5.74, 6) is -1.30. The number of hydrogen-bond donors (Lipinski definition) is 0. The Morgan fingerprint density at radius 2 is 1.93 bits per heavy atom. The van der Waals surface area contributed by atoms with Crippen LogP contribution in [0.25, 0.3) is 6.08 Å². The molecule has 0 atom stereocenters. The molecule has 0 aliphatic carbocycles. The second-order valence-electron chi connectivity index (χ2n) is 5.52. The quantitative estimate of drug-likeness (QED) is 0.245. The highest BCUT2D eigenvalue weighted by Crippen LogP contribution is 2.32. The van der Waals surface area contributed by atoms with Gasteiger partial charge in [-0.2, -0.15) is 0 Å². The maximum atomic E-state index is 13.6. The average molecular weight is 399 g/mol. The van der Waals surface area contributed by atoms with Crippen molar-refractivity contribution >= 4 is 46.3 Å². The van der Waals surface area contributed by atoms with Crippen LogP contribution in [0.2, 0.25) is 0 Å². The standard InChI is InChI=1S/C20H14FNO3S2/c1-2-11-22-18(23)17(27-20(22)26)12-13-7-9-14(10-8-13)25-19(24)15-5-3-4-6-16(15)21/h2-10,12H,1,11H2. The van der Waals surface area contributed by atoms with E-state index in [1.807, 2.05) is 0 Å². The summed E-state index contributed by atoms with van der Waals surface area (Å²) in [6.45, 7) is 3.98. The van der Waals surface area contributed by atoms with Gasteiger partial charge < -0.3 is 4.74 Å². The number of thiocarbonyl (C=S) groups is 1. The lowest BCUT2D eigenvalue weighted by Crippen LogP contribution is -2.27. The molecule has 1 aliphatic heterocycles. The van der Waals surface area contributed by atoms with Crippen LogP contribution >= 0.6 is 24.0 Å². The van der Waals surface area contributed by atoms with E-state index in [-0.39, 0.29) is 17.2 Å². The Balaban J connectivity index is 1.72. The van der Waals surface area contributed by atoms with Gasteiger partial charge in [-0.1, -0.05) is 54.3 Å². The molecule has 0 spiro atoms. The van der Waals surface area contributed by atoms with E-state index >= 15 is 0 Å². The molecule has 1 aliphatic rings. The third kappa shape index (κ3) is 4.32. The van der Waals surface area contributed by atoms with Gasteiger partial charge in [0.2, 0.25) is 0 Å². The highest BCUT2D eigenvalue weighted by atomic mass is 32.2. The summed E-state index contributed by atoms with van der Waals surface area (Å²) in [4.78, 5) is 26.3. The molecular formula is C20H14FNO3S2. The van der Waals surface area contributed by atoms with Gasteiger partial charge in [0.15, 0.2) is 0 Å². The Morgan fingerprint density at radius 1 is 1.22 bits per heavy atom. The Morgan fingerprint density at radius 3 is 2.59 bits per heavy atom. The molecule has 2 aromatic carbocycles. The molecule has 3 rings (SSSR count). The van der Waals surface area contributed by atoms with Gasteiger partial charge in [0.25, 0.3) is 5.91 Å². The van der Waals surface area contributed by atoms with E-state index in [9.17, 15) is 14.0 Å². The Labute approximate surface area is 165 Å². The fourth-order valence-corrected chi connectivity index (χ4v) is 3.63. The van der Waals surface area contributed by atoms with E-state index < -0.39 is 11.8 Å². The molecule has 1 amide bonds. The van der Waals surface area contributed by atoms with E-state index in [1.54, 1.807) is 42.5 Å². The fraction of sp³-hybridized carbons (Fsp3) is 0.0500. The summed E-state index contributed by atoms with van der Waals surface area (Å²) in [5.41, 5.74) is 0.618. The molecule has 7 heteroatoms. The first-order chi connectivity index (χ1) is 13.0. The van der Waals surface area contributed by atoms with Crippen LogP contribution in [0, 0.1) is 5.82 Å². The number of ether oxygens (including phenoxy) is 1. The van der Waals surface area contributed by atoms with Gasteiger partial charge in [0.1, 0.15) is 15.9 Å². The summed E-state index contributed by atoms with van der Waals surface area (Å²) in [6.07, 6.45) is 3.33. The number of nitrogens with zero attached hydrogens (tertiary/aromatic N) is 1. The highest BCUT2D eigenvalue weighted by Gasteiger charge is 2.30. The van der Waals surface area contributed by atoms with E-state index in [4.69, 9.17) is 17.0 Å². The van der Waals surface area contributed by atoms with Gasteiger partial charge >= 0.3 is 5.97 Å². The number of esters is 1. The molecule has 0 unspecified atom stereocenters. The highest BCUT2D eigenvalue weighted by molar-refractivity contribution is 8.26. The third-order valence-corrected chi connectivity index (χ3v) is 5.05. The summed E-state index contributed by atoms with van der Waals surface area (Å²) in [7, 11) is 0. The second-order valence-corrected chi connectivity index (χ2v) is 7.20. The third-order valence-electron chi connectivity index (χ3n) is 3.67. The summed E-state index contributed by atoms with van der Waals surface area (Å²) in [6, 6.07) is 12.2. The van der Waals surface area contributed by atoms with Gasteiger partial charge in [0.05, 0.1) is 10.5 Å². The van der Waals surface area contributed by atoms with Crippen LogP contribution in [-0.4, -0.2) is 27.6 Å². The maximum Gasteiger partial charge on any atom is 0.346 e. The number of rotatable bonds is 5. The molecule has 1 saturated heterocycles. The van der Waals surface area contributed by atoms with Crippen molar-refractivity contribution in [2.75, 3.05) is 6.54 Å². The summed E-state index contributed by atoms with van der Waals surface area (Å²) < 4.78 is 19.3. The van der Waals surface area contributed by atoms with Crippen molar-refractivity contribution in [1.29, 1.82) is 0 Å². The van der Waals surface area contributed by atoms with Gasteiger partial charge in [0, 0.05) is 6.54 Å². The zero-order valence-corrected chi connectivity index (χ0v) is 15.7. The Hall–Kier alpha value is -2.77. The minimum atomic E-state index is -0.772. The molecule has 0 N–H and O–H groups in total. The number of hydrogen-bond acceptors (Lipinski definition) is 5. The zero-order chi connectivity index (χ0) is 19.4. The number of halogens is 1. The lowest BCUT2D eigenvalue weighted by Gasteiger charge is -2.10. The van der Waals surface area contributed by atoms with Crippen LogP contribution in [0.3, 0.4) is 0 Å². The van der Waals surface area contributed by atoms with Crippen molar-refractivity contribution in [3.8, 4) is 5.75 Å². The van der Waals surface area contributed by atoms with Crippen molar-refractivity contribution in [1.82, 2.24) is 4.90 Å². The van der Waals surface area contributed by atoms with Gasteiger partial charge in [-0.05, 0) is 35.9 Å². The summed E-state index contributed by atoms with van der Waals surface area (Å²) >= 11 is 6.42. The first-order valence-electron chi connectivity index (χ1n) is 7.92. The van der Waals surface area contributed by atoms with Crippen LogP contribution in [0.15, 0.2) is 66.1 Å². The average Bonchev–Trinajstić information content (AvgIpc) is 2.91. The molecular weight excluding hydrogens is 385 g/mol. The molecule has 2 aromatic rings. The van der Waals surface area contributed by atoms with Gasteiger partial charge in [-0.3, -0.25) is 9.69 Å². The fourth-order valence-electron chi connectivity index (χ4n) is 2.36. The monoisotopic (exact) mass is 399 g/mol. The lowest BCUT2D eigenvalue weighted by molar-refractivity contribution is -0.121. The number of thioether (sulfide) groups is 1. The summed E-state index contributed by atoms with van der Waals surface area (Å²) in [5, 5.41) is 0. The molecule has 136 valence electrons. The first kappa shape index (κ1) is 19.0. The minimum Gasteiger partial charge on any atom is -0.423 e. The minimum absolute atomic E-state index is 0.132. The molecule has 1 fully saturated rings. The van der Waals surface area contributed by atoms with Gasteiger partial charge in [-0.15, -0.1) is 6.58 Å². The van der Waals surface area contributed by atoms with Crippen molar-refractivity contribution in [3.63, 3.8) is 0 Å². The number of amides is 1. The van der Waals surface area contributed by atoms with Gasteiger partial charge in [-0.25, -0.2) is 9.18 Å². The van der Waals surface area contributed by atoms with Crippen molar-refractivity contribution in [2.45, 2.75) is 0 Å². The zero-order valence-electron chi connectivity index (χ0n) is 14.1. The Kier molecular flexibility index (Phi) is 5.83. The van der Waals surface area contributed by atoms with E-state index in [0.717, 1.165) is 5.56 Å². The van der Waals surface area contributed by atoms with Crippen LogP contribution in [-0.2, 0) is 4.79 Å². The smallest absolute Gasteiger partial charge is 0.346 e. The lowest BCUT2D eigenvalue weighted by atomic mass is 10.2. The largest absolute Gasteiger partial charge is 0.423 e. The number of carbonyl (C=O) groups is 2. The van der Waals surface area contributed by atoms with Crippen LogP contribution < -0.4 is 4.74 Å². The first-order valence-corrected chi connectivity index (χ1v) is 9.15. The van der Waals surface area contributed by atoms with E-state index in [2.05, 4.69) is 6.58 Å². The normalized spacial score (nSPS) is 15.3. The van der Waals surface area contributed by atoms with Crippen LogP contribution in [0.1, 0.15) is 15.9 Å². The van der Waals surface area contributed by atoms with Crippen molar-refractivity contribution in [2.24, 2.45) is 0 Å². The molecule has 0 bridgehead atoms. The van der Waals surface area contributed by atoms with Crippen molar-refractivity contribution < 1.29 is 18.7 Å². The second kappa shape index (κ2) is 8.28. The molecule has 0 aromatic heterocycles. The molecule has 4 nitrogen and oxygen atoms in total.